The van der Waals surface area contributed by atoms with Gasteiger partial charge >= 0.3 is 0 Å². The van der Waals surface area contributed by atoms with Crippen molar-refractivity contribution in [1.29, 1.82) is 0 Å². The van der Waals surface area contributed by atoms with Gasteiger partial charge in [-0.15, -0.1) is 0 Å². The summed E-state index contributed by atoms with van der Waals surface area (Å²) >= 11 is 0. The zero-order valence-corrected chi connectivity index (χ0v) is 16.5. The highest BCUT2D eigenvalue weighted by atomic mass is 19.1. The second kappa shape index (κ2) is 10.8. The van der Waals surface area contributed by atoms with E-state index in [2.05, 4.69) is 0 Å². The van der Waals surface area contributed by atoms with Gasteiger partial charge in [-0.05, 0) is 35.9 Å². The Labute approximate surface area is 170 Å². The first kappa shape index (κ1) is 21.0. The van der Waals surface area contributed by atoms with Gasteiger partial charge in [-0.2, -0.15) is 0 Å². The molecule has 0 fully saturated rings. The number of hydrogen-bond donors (Lipinski definition) is 1. The highest BCUT2D eigenvalue weighted by molar-refractivity contribution is 5.27. The molecule has 2 aromatic carbocycles. The molecule has 154 valence electrons. The number of furan rings is 1. The molecule has 1 N–H and O–H groups in total. The van der Waals surface area contributed by atoms with E-state index in [4.69, 9.17) is 13.9 Å². The molecule has 0 aliphatic heterocycles. The van der Waals surface area contributed by atoms with Gasteiger partial charge in [0.15, 0.2) is 0 Å². The molecule has 0 saturated carbocycles. The van der Waals surface area contributed by atoms with Crippen LogP contribution in [0.4, 0.5) is 4.39 Å². The largest absolute Gasteiger partial charge is 0.497 e. The number of aliphatic hydroxyl groups is 1. The number of methoxy groups -OCH3 is 1. The van der Waals surface area contributed by atoms with Crippen LogP contribution in [0.3, 0.4) is 0 Å². The van der Waals surface area contributed by atoms with Crippen molar-refractivity contribution >= 4 is 0 Å². The standard InChI is InChI=1S/C23H26FNO4/c1-27-21-10-8-18(9-11-21)13-25(14-19-5-2-3-7-23(19)24)15-20(26)16-28-17-22-6-4-12-29-22/h2-12,20,26H,13-17H2,1H3/t20-/m1/s1. The van der Waals surface area contributed by atoms with Crippen LogP contribution in [0, 0.1) is 5.82 Å². The van der Waals surface area contributed by atoms with Crippen molar-refractivity contribution in [3.8, 4) is 5.75 Å². The van der Waals surface area contributed by atoms with E-state index in [0.717, 1.165) is 11.3 Å². The van der Waals surface area contributed by atoms with Gasteiger partial charge in [-0.1, -0.05) is 30.3 Å². The zero-order valence-electron chi connectivity index (χ0n) is 16.5. The predicted octanol–water partition coefficient (Wildman–Crippen LogP) is 4.01. The third-order valence-corrected chi connectivity index (χ3v) is 4.52. The van der Waals surface area contributed by atoms with Crippen LogP contribution in [0.5, 0.6) is 5.75 Å². The normalized spacial score (nSPS) is 12.3. The first-order valence-electron chi connectivity index (χ1n) is 9.51. The van der Waals surface area contributed by atoms with Gasteiger partial charge in [0.2, 0.25) is 0 Å². The third-order valence-electron chi connectivity index (χ3n) is 4.52. The summed E-state index contributed by atoms with van der Waals surface area (Å²) in [5.41, 5.74) is 1.63. The zero-order chi connectivity index (χ0) is 20.5. The summed E-state index contributed by atoms with van der Waals surface area (Å²) in [5, 5.41) is 10.4. The summed E-state index contributed by atoms with van der Waals surface area (Å²) < 4.78 is 30.1. The van der Waals surface area contributed by atoms with Crippen molar-refractivity contribution in [2.45, 2.75) is 25.8 Å². The van der Waals surface area contributed by atoms with Crippen LogP contribution >= 0.6 is 0 Å². The molecular weight excluding hydrogens is 373 g/mol. The summed E-state index contributed by atoms with van der Waals surface area (Å²) in [5.74, 6) is 1.23. The SMILES string of the molecule is COc1ccc(CN(Cc2ccccc2F)C[C@@H](O)COCc2ccco2)cc1. The van der Waals surface area contributed by atoms with Crippen molar-refractivity contribution in [2.24, 2.45) is 0 Å². The van der Waals surface area contributed by atoms with E-state index in [1.807, 2.05) is 41.3 Å². The maximum atomic E-state index is 14.1. The Bertz CT molecular complexity index is 852. The molecule has 0 unspecified atom stereocenters. The Morgan fingerprint density at radius 2 is 1.83 bits per heavy atom. The molecule has 0 radical (unpaired) electrons. The van der Waals surface area contributed by atoms with E-state index in [-0.39, 0.29) is 12.4 Å². The van der Waals surface area contributed by atoms with Gasteiger partial charge < -0.3 is 19.0 Å². The molecule has 0 spiro atoms. The van der Waals surface area contributed by atoms with Gasteiger partial charge in [0.05, 0.1) is 26.1 Å². The second-order valence-electron chi connectivity index (χ2n) is 6.86. The summed E-state index contributed by atoms with van der Waals surface area (Å²) in [4.78, 5) is 2.00. The first-order valence-corrected chi connectivity index (χ1v) is 9.51. The number of aliphatic hydroxyl groups excluding tert-OH is 1. The van der Waals surface area contributed by atoms with Crippen LogP contribution in [-0.2, 0) is 24.4 Å². The molecular formula is C23H26FNO4. The first-order chi connectivity index (χ1) is 14.1. The van der Waals surface area contributed by atoms with E-state index in [9.17, 15) is 9.50 Å². The van der Waals surface area contributed by atoms with Crippen LogP contribution in [0.1, 0.15) is 16.9 Å². The minimum absolute atomic E-state index is 0.164. The van der Waals surface area contributed by atoms with E-state index in [0.29, 0.717) is 37.6 Å². The monoisotopic (exact) mass is 399 g/mol. The average molecular weight is 399 g/mol. The fourth-order valence-electron chi connectivity index (χ4n) is 3.08. The van der Waals surface area contributed by atoms with Gasteiger partial charge in [0, 0.05) is 25.2 Å². The van der Waals surface area contributed by atoms with Gasteiger partial charge in [0.1, 0.15) is 23.9 Å². The molecule has 1 aromatic heterocycles. The molecule has 0 bridgehead atoms. The van der Waals surface area contributed by atoms with E-state index in [1.165, 1.54) is 6.07 Å². The third kappa shape index (κ3) is 6.71. The van der Waals surface area contributed by atoms with E-state index >= 15 is 0 Å². The lowest BCUT2D eigenvalue weighted by Crippen LogP contribution is -2.34. The molecule has 29 heavy (non-hydrogen) atoms. The van der Waals surface area contributed by atoms with Crippen LogP contribution in [0.15, 0.2) is 71.3 Å². The molecule has 0 aliphatic carbocycles. The number of benzene rings is 2. The summed E-state index contributed by atoms with van der Waals surface area (Å²) in [6.07, 6.45) is 0.870. The van der Waals surface area contributed by atoms with E-state index < -0.39 is 6.10 Å². The molecule has 3 rings (SSSR count). The van der Waals surface area contributed by atoms with Crippen molar-refractivity contribution < 1.29 is 23.4 Å². The number of rotatable bonds is 11. The Morgan fingerprint density at radius 3 is 2.52 bits per heavy atom. The topological polar surface area (TPSA) is 55.1 Å². The van der Waals surface area contributed by atoms with Crippen molar-refractivity contribution in [2.75, 3.05) is 20.3 Å². The molecule has 6 heteroatoms. The van der Waals surface area contributed by atoms with Crippen LogP contribution in [-0.4, -0.2) is 36.4 Å². The Morgan fingerprint density at radius 1 is 1.03 bits per heavy atom. The minimum atomic E-state index is -0.713. The molecule has 1 atom stereocenters. The number of hydrogen-bond acceptors (Lipinski definition) is 5. The molecule has 3 aromatic rings. The molecule has 0 aliphatic rings. The van der Waals surface area contributed by atoms with Gasteiger partial charge in [-0.25, -0.2) is 4.39 Å². The fourth-order valence-corrected chi connectivity index (χ4v) is 3.08. The molecule has 0 amide bonds. The maximum Gasteiger partial charge on any atom is 0.129 e. The lowest BCUT2D eigenvalue weighted by molar-refractivity contribution is 0.00238. The van der Waals surface area contributed by atoms with Crippen molar-refractivity contribution in [1.82, 2.24) is 4.90 Å². The fraction of sp³-hybridized carbons (Fsp3) is 0.304. The lowest BCUT2D eigenvalue weighted by Gasteiger charge is -2.25. The lowest BCUT2D eigenvalue weighted by atomic mass is 10.1. The predicted molar refractivity (Wildman–Crippen MR) is 108 cm³/mol. The Hall–Kier alpha value is -2.67. The average Bonchev–Trinajstić information content (AvgIpc) is 3.24. The van der Waals surface area contributed by atoms with Gasteiger partial charge in [-0.3, -0.25) is 4.90 Å². The molecule has 1 heterocycles. The van der Waals surface area contributed by atoms with Crippen LogP contribution < -0.4 is 4.74 Å². The minimum Gasteiger partial charge on any atom is -0.497 e. The summed E-state index contributed by atoms with van der Waals surface area (Å²) in [6.45, 7) is 1.76. The molecule has 0 saturated heterocycles. The number of nitrogens with zero attached hydrogens (tertiary/aromatic N) is 1. The Kier molecular flexibility index (Phi) is 7.81. The second-order valence-corrected chi connectivity index (χ2v) is 6.86. The Balaban J connectivity index is 1.61. The van der Waals surface area contributed by atoms with Crippen molar-refractivity contribution in [3.05, 3.63) is 89.6 Å². The van der Waals surface area contributed by atoms with Crippen LogP contribution in [0.2, 0.25) is 0 Å². The van der Waals surface area contributed by atoms with E-state index in [1.54, 1.807) is 31.6 Å². The summed E-state index contributed by atoms with van der Waals surface area (Å²) in [6, 6.07) is 18.0. The highest BCUT2D eigenvalue weighted by Gasteiger charge is 2.15. The number of halogens is 1. The highest BCUT2D eigenvalue weighted by Crippen LogP contribution is 2.16. The van der Waals surface area contributed by atoms with Crippen molar-refractivity contribution in [3.63, 3.8) is 0 Å². The number of ether oxygens (including phenoxy) is 2. The quantitative estimate of drug-likeness (QED) is 0.528. The maximum absolute atomic E-state index is 14.1. The molecule has 5 nitrogen and oxygen atoms in total. The smallest absolute Gasteiger partial charge is 0.129 e. The summed E-state index contributed by atoms with van der Waals surface area (Å²) in [7, 11) is 1.62. The van der Waals surface area contributed by atoms with Gasteiger partial charge in [0.25, 0.3) is 0 Å². The van der Waals surface area contributed by atoms with Crippen LogP contribution in [0.25, 0.3) is 0 Å².